The van der Waals surface area contributed by atoms with Gasteiger partial charge in [0.2, 0.25) is 0 Å². The number of hydrogen-bond acceptors (Lipinski definition) is 3. The molecule has 19 heavy (non-hydrogen) atoms. The van der Waals surface area contributed by atoms with Gasteiger partial charge in [-0.05, 0) is 38.1 Å². The van der Waals surface area contributed by atoms with E-state index in [2.05, 4.69) is 16.8 Å². The summed E-state index contributed by atoms with van der Waals surface area (Å²) in [5.74, 6) is -0.0572. The smallest absolute Gasteiger partial charge is 0.352 e. The van der Waals surface area contributed by atoms with Crippen molar-refractivity contribution in [2.24, 2.45) is 0 Å². The summed E-state index contributed by atoms with van der Waals surface area (Å²) in [7, 11) is 0. The second kappa shape index (κ2) is 4.66. The molecule has 5 heteroatoms. The van der Waals surface area contributed by atoms with Crippen molar-refractivity contribution in [2.75, 3.05) is 13.1 Å². The molecule has 2 aromatic heterocycles. The summed E-state index contributed by atoms with van der Waals surface area (Å²) < 4.78 is 1.78. The van der Waals surface area contributed by atoms with E-state index in [1.807, 2.05) is 6.07 Å². The number of aromatic nitrogens is 2. The highest BCUT2D eigenvalue weighted by Gasteiger charge is 2.29. The molecule has 0 saturated carbocycles. The Hall–Kier alpha value is -1.88. The van der Waals surface area contributed by atoms with E-state index in [1.165, 1.54) is 0 Å². The summed E-state index contributed by atoms with van der Waals surface area (Å²) in [6.07, 6.45) is 3.94. The van der Waals surface area contributed by atoms with E-state index in [-0.39, 0.29) is 11.7 Å². The standard InChI is InChI=1S/C14H17N3O2/c1-2-16-8-4-7-11(16)13-15-9-10-5-3-6-12(14(18)19)17(10)13/h3,5-6,9,11H,2,4,7-8H2,1H3,(H,18,19). The normalized spacial score (nSPS) is 20.2. The van der Waals surface area contributed by atoms with Crippen molar-refractivity contribution >= 4 is 11.5 Å². The number of pyridine rings is 1. The lowest BCUT2D eigenvalue weighted by molar-refractivity contribution is 0.0688. The molecule has 1 aliphatic heterocycles. The molecule has 0 radical (unpaired) electrons. The monoisotopic (exact) mass is 259 g/mol. The predicted molar refractivity (Wildman–Crippen MR) is 71.4 cm³/mol. The van der Waals surface area contributed by atoms with E-state index < -0.39 is 5.97 Å². The zero-order valence-electron chi connectivity index (χ0n) is 10.9. The van der Waals surface area contributed by atoms with Gasteiger partial charge in [0.1, 0.15) is 11.5 Å². The molecule has 0 spiro atoms. The Balaban J connectivity index is 2.16. The summed E-state index contributed by atoms with van der Waals surface area (Å²) in [4.78, 5) is 18.2. The van der Waals surface area contributed by atoms with Gasteiger partial charge in [0.05, 0.1) is 17.8 Å². The third kappa shape index (κ3) is 1.90. The van der Waals surface area contributed by atoms with Crippen molar-refractivity contribution in [3.8, 4) is 0 Å². The molecule has 1 N–H and O–H groups in total. The van der Waals surface area contributed by atoms with Crippen LogP contribution in [0.3, 0.4) is 0 Å². The summed E-state index contributed by atoms with van der Waals surface area (Å²) in [5.41, 5.74) is 1.13. The Morgan fingerprint density at radius 3 is 3.11 bits per heavy atom. The Morgan fingerprint density at radius 1 is 1.53 bits per heavy atom. The lowest BCUT2D eigenvalue weighted by Gasteiger charge is -2.22. The van der Waals surface area contributed by atoms with Crippen LogP contribution in [0.1, 0.15) is 42.1 Å². The topological polar surface area (TPSA) is 57.8 Å². The first-order chi connectivity index (χ1) is 9.22. The van der Waals surface area contributed by atoms with E-state index in [0.717, 1.165) is 37.3 Å². The van der Waals surface area contributed by atoms with Crippen LogP contribution in [0, 0.1) is 0 Å². The quantitative estimate of drug-likeness (QED) is 0.918. The van der Waals surface area contributed by atoms with Crippen molar-refractivity contribution in [1.82, 2.24) is 14.3 Å². The van der Waals surface area contributed by atoms with Gasteiger partial charge in [0.25, 0.3) is 0 Å². The maximum atomic E-state index is 11.4. The molecule has 2 aromatic rings. The Bertz CT molecular complexity index is 620. The van der Waals surface area contributed by atoms with Crippen LogP contribution in [0.15, 0.2) is 24.4 Å². The molecule has 1 saturated heterocycles. The largest absolute Gasteiger partial charge is 0.477 e. The highest BCUT2D eigenvalue weighted by Crippen LogP contribution is 2.31. The van der Waals surface area contributed by atoms with Crippen LogP contribution < -0.4 is 0 Å². The molecule has 1 aliphatic rings. The first kappa shape index (κ1) is 12.2. The zero-order valence-corrected chi connectivity index (χ0v) is 10.9. The molecule has 100 valence electrons. The molecule has 5 nitrogen and oxygen atoms in total. The molecule has 1 fully saturated rings. The molecule has 3 rings (SSSR count). The second-order valence-electron chi connectivity index (χ2n) is 4.88. The molecule has 0 bridgehead atoms. The molecule has 1 atom stereocenters. The molecule has 0 aromatic carbocycles. The van der Waals surface area contributed by atoms with Crippen LogP contribution in [0.25, 0.3) is 5.52 Å². The number of nitrogens with zero attached hydrogens (tertiary/aromatic N) is 3. The summed E-state index contributed by atoms with van der Waals surface area (Å²) >= 11 is 0. The Labute approximate surface area is 111 Å². The van der Waals surface area contributed by atoms with Crippen molar-refractivity contribution in [3.05, 3.63) is 35.9 Å². The lowest BCUT2D eigenvalue weighted by atomic mass is 10.2. The van der Waals surface area contributed by atoms with Gasteiger partial charge in [-0.25, -0.2) is 9.78 Å². The second-order valence-corrected chi connectivity index (χ2v) is 4.88. The predicted octanol–water partition coefficient (Wildman–Crippen LogP) is 2.19. The fraction of sp³-hybridized carbons (Fsp3) is 0.429. The summed E-state index contributed by atoms with van der Waals surface area (Å²) in [6, 6.07) is 5.52. The van der Waals surface area contributed by atoms with Gasteiger partial charge in [-0.1, -0.05) is 13.0 Å². The molecule has 1 unspecified atom stereocenters. The van der Waals surface area contributed by atoms with Crippen LogP contribution in [0.5, 0.6) is 0 Å². The maximum absolute atomic E-state index is 11.4. The fourth-order valence-electron chi connectivity index (χ4n) is 2.97. The van der Waals surface area contributed by atoms with Gasteiger partial charge in [0.15, 0.2) is 0 Å². The van der Waals surface area contributed by atoms with Crippen molar-refractivity contribution in [3.63, 3.8) is 0 Å². The van der Waals surface area contributed by atoms with Gasteiger partial charge >= 0.3 is 5.97 Å². The van der Waals surface area contributed by atoms with Crippen molar-refractivity contribution in [1.29, 1.82) is 0 Å². The molecule has 0 amide bonds. The van der Waals surface area contributed by atoms with Crippen LogP contribution in [0.4, 0.5) is 0 Å². The van der Waals surface area contributed by atoms with Gasteiger partial charge < -0.3 is 5.11 Å². The first-order valence-electron chi connectivity index (χ1n) is 6.66. The number of aromatic carboxylic acids is 1. The van der Waals surface area contributed by atoms with Gasteiger partial charge in [-0.15, -0.1) is 0 Å². The minimum absolute atomic E-state index is 0.230. The van der Waals surface area contributed by atoms with Crippen LogP contribution >= 0.6 is 0 Å². The Kier molecular flexibility index (Phi) is 2.98. The van der Waals surface area contributed by atoms with Gasteiger partial charge in [-0.2, -0.15) is 0 Å². The van der Waals surface area contributed by atoms with E-state index >= 15 is 0 Å². The van der Waals surface area contributed by atoms with E-state index in [4.69, 9.17) is 0 Å². The highest BCUT2D eigenvalue weighted by atomic mass is 16.4. The summed E-state index contributed by atoms with van der Waals surface area (Å²) in [5, 5.41) is 9.33. The minimum Gasteiger partial charge on any atom is -0.477 e. The number of hydrogen-bond donors (Lipinski definition) is 1. The third-order valence-corrected chi connectivity index (χ3v) is 3.87. The van der Waals surface area contributed by atoms with E-state index in [9.17, 15) is 9.90 Å². The number of carboxylic acids is 1. The molecule has 0 aliphatic carbocycles. The van der Waals surface area contributed by atoms with Gasteiger partial charge in [-0.3, -0.25) is 9.30 Å². The number of fused-ring (bicyclic) bond motifs is 1. The Morgan fingerprint density at radius 2 is 2.37 bits per heavy atom. The number of rotatable bonds is 3. The average Bonchev–Trinajstić information content (AvgIpc) is 3.03. The SMILES string of the molecule is CCN1CCCC1c1ncc2cccc(C(=O)O)n12. The third-order valence-electron chi connectivity index (χ3n) is 3.87. The molecular weight excluding hydrogens is 242 g/mol. The number of likely N-dealkylation sites (tertiary alicyclic amines) is 1. The highest BCUT2D eigenvalue weighted by molar-refractivity contribution is 5.86. The lowest BCUT2D eigenvalue weighted by Crippen LogP contribution is -2.25. The first-order valence-corrected chi connectivity index (χ1v) is 6.66. The summed E-state index contributed by atoms with van der Waals surface area (Å²) in [6.45, 7) is 4.16. The van der Waals surface area contributed by atoms with Crippen molar-refractivity contribution < 1.29 is 9.90 Å². The zero-order chi connectivity index (χ0) is 13.4. The molecular formula is C14H17N3O2. The van der Waals surface area contributed by atoms with Crippen LogP contribution in [-0.4, -0.2) is 38.4 Å². The average molecular weight is 259 g/mol. The number of carboxylic acid groups (broad SMARTS) is 1. The van der Waals surface area contributed by atoms with Crippen LogP contribution in [0.2, 0.25) is 0 Å². The van der Waals surface area contributed by atoms with E-state index in [1.54, 1.807) is 22.7 Å². The van der Waals surface area contributed by atoms with Crippen molar-refractivity contribution in [2.45, 2.75) is 25.8 Å². The fourth-order valence-corrected chi connectivity index (χ4v) is 2.97. The van der Waals surface area contributed by atoms with E-state index in [0.29, 0.717) is 0 Å². The molecule has 3 heterocycles. The minimum atomic E-state index is -0.911. The maximum Gasteiger partial charge on any atom is 0.352 e. The van der Waals surface area contributed by atoms with Gasteiger partial charge in [0, 0.05) is 0 Å². The van der Waals surface area contributed by atoms with Crippen LogP contribution in [-0.2, 0) is 0 Å². The number of carbonyl (C=O) groups is 1. The number of imidazole rings is 1.